The molecule has 0 radical (unpaired) electrons. The van der Waals surface area contributed by atoms with E-state index < -0.39 is 5.69 Å². The van der Waals surface area contributed by atoms with E-state index in [1.54, 1.807) is 6.92 Å². The second kappa shape index (κ2) is 4.70. The number of hydrogen-bond acceptors (Lipinski definition) is 2. The third-order valence-corrected chi connectivity index (χ3v) is 3.51. The molecule has 1 aromatic carbocycles. The average Bonchev–Trinajstić information content (AvgIpc) is 2.29. The molecule has 2 aromatic rings. The van der Waals surface area contributed by atoms with Crippen LogP contribution in [0.4, 0.5) is 0 Å². The van der Waals surface area contributed by atoms with E-state index in [9.17, 15) is 9.59 Å². The highest BCUT2D eigenvalue weighted by Crippen LogP contribution is 2.18. The molecule has 2 rings (SSSR count). The number of aromatic nitrogens is 2. The van der Waals surface area contributed by atoms with Crippen LogP contribution in [-0.4, -0.2) is 9.55 Å². The maximum atomic E-state index is 12.3. The summed E-state index contributed by atoms with van der Waals surface area (Å²) < 4.78 is 1.14. The molecule has 1 N–H and O–H groups in total. The monoisotopic (exact) mass is 278 g/mol. The van der Waals surface area contributed by atoms with Crippen molar-refractivity contribution in [1.82, 2.24) is 9.55 Å². The molecule has 0 bridgehead atoms. The molecule has 19 heavy (non-hydrogen) atoms. The van der Waals surface area contributed by atoms with Gasteiger partial charge in [-0.15, -0.1) is 0 Å². The zero-order valence-electron chi connectivity index (χ0n) is 11.3. The van der Waals surface area contributed by atoms with Gasteiger partial charge < -0.3 is 0 Å². The average molecular weight is 279 g/mol. The fourth-order valence-electron chi connectivity index (χ4n) is 2.33. The van der Waals surface area contributed by atoms with Crippen LogP contribution in [0.2, 0.25) is 5.15 Å². The Morgan fingerprint density at radius 2 is 1.58 bits per heavy atom. The standard InChI is InChI=1S/C14H15ClN2O2/c1-7-5-8(2)11(9(3)6-7)17-13(18)10(4)12(15)16-14(17)19/h5-6H,1-4H3,(H,16,19). The Morgan fingerprint density at radius 1 is 1.05 bits per heavy atom. The first-order valence-corrected chi connectivity index (χ1v) is 6.30. The number of H-pyrrole nitrogens is 1. The molecule has 1 heterocycles. The molecule has 0 fully saturated rings. The molecule has 0 aliphatic heterocycles. The van der Waals surface area contributed by atoms with Gasteiger partial charge >= 0.3 is 5.69 Å². The minimum atomic E-state index is -0.518. The number of aryl methyl sites for hydroxylation is 3. The van der Waals surface area contributed by atoms with E-state index in [2.05, 4.69) is 4.98 Å². The van der Waals surface area contributed by atoms with Gasteiger partial charge in [0.25, 0.3) is 5.56 Å². The van der Waals surface area contributed by atoms with Crippen molar-refractivity contribution in [2.24, 2.45) is 0 Å². The number of benzene rings is 1. The molecule has 100 valence electrons. The number of nitrogens with zero attached hydrogens (tertiary/aromatic N) is 1. The van der Waals surface area contributed by atoms with Gasteiger partial charge in [-0.1, -0.05) is 29.3 Å². The highest BCUT2D eigenvalue weighted by molar-refractivity contribution is 6.30. The zero-order chi connectivity index (χ0) is 14.3. The number of rotatable bonds is 1. The molecule has 0 atom stereocenters. The summed E-state index contributed by atoms with van der Waals surface area (Å²) in [5.41, 5.74) is 2.91. The van der Waals surface area contributed by atoms with Crippen LogP contribution in [0.15, 0.2) is 21.7 Å². The predicted molar refractivity (Wildman–Crippen MR) is 76.6 cm³/mol. The Hall–Kier alpha value is -1.81. The van der Waals surface area contributed by atoms with Gasteiger partial charge in [-0.05, 0) is 38.8 Å². The van der Waals surface area contributed by atoms with Gasteiger partial charge in [0.05, 0.1) is 11.3 Å². The lowest BCUT2D eigenvalue weighted by atomic mass is 10.0. The van der Waals surface area contributed by atoms with Gasteiger partial charge in [-0.2, -0.15) is 0 Å². The summed E-state index contributed by atoms with van der Waals surface area (Å²) in [6.45, 7) is 7.33. The van der Waals surface area contributed by atoms with Gasteiger partial charge in [0.15, 0.2) is 0 Å². The molecule has 0 saturated heterocycles. The SMILES string of the molecule is Cc1cc(C)c(-n2c(=O)[nH]c(Cl)c(C)c2=O)c(C)c1. The summed E-state index contributed by atoms with van der Waals surface area (Å²) in [5, 5.41) is 0.0914. The van der Waals surface area contributed by atoms with Crippen molar-refractivity contribution in [3.05, 3.63) is 60.4 Å². The minimum Gasteiger partial charge on any atom is -0.297 e. The van der Waals surface area contributed by atoms with Crippen LogP contribution in [0.25, 0.3) is 5.69 Å². The molecule has 0 amide bonds. The lowest BCUT2D eigenvalue weighted by Crippen LogP contribution is -2.36. The Labute approximate surface area is 115 Å². The predicted octanol–water partition coefficient (Wildman–Crippen LogP) is 2.41. The molecule has 0 unspecified atom stereocenters. The van der Waals surface area contributed by atoms with Crippen molar-refractivity contribution in [1.29, 1.82) is 0 Å². The molecule has 5 heteroatoms. The summed E-state index contributed by atoms with van der Waals surface area (Å²) in [6, 6.07) is 3.89. The van der Waals surface area contributed by atoms with Crippen molar-refractivity contribution in [2.45, 2.75) is 27.7 Å². The van der Waals surface area contributed by atoms with E-state index in [1.165, 1.54) is 0 Å². The molecule has 0 aliphatic carbocycles. The van der Waals surface area contributed by atoms with Crippen LogP contribution < -0.4 is 11.2 Å². The van der Waals surface area contributed by atoms with Gasteiger partial charge in [0.2, 0.25) is 0 Å². The van der Waals surface area contributed by atoms with E-state index in [0.29, 0.717) is 11.3 Å². The van der Waals surface area contributed by atoms with Crippen LogP contribution in [0.3, 0.4) is 0 Å². The number of hydrogen-bond donors (Lipinski definition) is 1. The van der Waals surface area contributed by atoms with E-state index in [-0.39, 0.29) is 10.7 Å². The highest BCUT2D eigenvalue weighted by atomic mass is 35.5. The lowest BCUT2D eigenvalue weighted by molar-refractivity contribution is 0.847. The summed E-state index contributed by atoms with van der Waals surface area (Å²) in [6.07, 6.45) is 0. The van der Waals surface area contributed by atoms with Crippen molar-refractivity contribution in [3.63, 3.8) is 0 Å². The molecule has 0 spiro atoms. The molecular weight excluding hydrogens is 264 g/mol. The quantitative estimate of drug-likeness (QED) is 0.815. The summed E-state index contributed by atoms with van der Waals surface area (Å²) >= 11 is 5.81. The maximum absolute atomic E-state index is 12.3. The van der Waals surface area contributed by atoms with Crippen molar-refractivity contribution in [3.8, 4) is 5.69 Å². The summed E-state index contributed by atoms with van der Waals surface area (Å²) in [4.78, 5) is 26.8. The third kappa shape index (κ3) is 2.24. The molecule has 0 aliphatic rings. The van der Waals surface area contributed by atoms with E-state index in [0.717, 1.165) is 21.3 Å². The topological polar surface area (TPSA) is 54.9 Å². The van der Waals surface area contributed by atoms with E-state index in [1.807, 2.05) is 32.9 Å². The van der Waals surface area contributed by atoms with Crippen molar-refractivity contribution < 1.29 is 0 Å². The Bertz CT molecular complexity index is 749. The van der Waals surface area contributed by atoms with Crippen LogP contribution in [-0.2, 0) is 0 Å². The van der Waals surface area contributed by atoms with Gasteiger partial charge in [-0.3, -0.25) is 9.78 Å². The van der Waals surface area contributed by atoms with E-state index >= 15 is 0 Å². The molecule has 1 aromatic heterocycles. The Balaban J connectivity index is 2.93. The first-order valence-electron chi connectivity index (χ1n) is 5.92. The smallest absolute Gasteiger partial charge is 0.297 e. The largest absolute Gasteiger partial charge is 0.334 e. The van der Waals surface area contributed by atoms with Crippen molar-refractivity contribution >= 4 is 11.6 Å². The highest BCUT2D eigenvalue weighted by Gasteiger charge is 2.14. The summed E-state index contributed by atoms with van der Waals surface area (Å²) in [5.74, 6) is 0. The van der Waals surface area contributed by atoms with Gasteiger partial charge in [0, 0.05) is 0 Å². The number of nitrogens with one attached hydrogen (secondary N) is 1. The van der Waals surface area contributed by atoms with Crippen LogP contribution in [0.1, 0.15) is 22.3 Å². The fraction of sp³-hybridized carbons (Fsp3) is 0.286. The third-order valence-electron chi connectivity index (χ3n) is 3.13. The van der Waals surface area contributed by atoms with E-state index in [4.69, 9.17) is 11.6 Å². The maximum Gasteiger partial charge on any atom is 0.334 e. The first-order chi connectivity index (χ1) is 8.82. The minimum absolute atomic E-state index is 0.0914. The first kappa shape index (κ1) is 13.6. The molecular formula is C14H15ClN2O2. The Morgan fingerprint density at radius 3 is 2.11 bits per heavy atom. The number of aromatic amines is 1. The molecule has 0 saturated carbocycles. The second-order valence-electron chi connectivity index (χ2n) is 4.76. The van der Waals surface area contributed by atoms with Crippen LogP contribution in [0.5, 0.6) is 0 Å². The zero-order valence-corrected chi connectivity index (χ0v) is 12.1. The summed E-state index contributed by atoms with van der Waals surface area (Å²) in [7, 11) is 0. The Kier molecular flexibility index (Phi) is 3.37. The molecule has 4 nitrogen and oxygen atoms in total. The number of halogens is 1. The van der Waals surface area contributed by atoms with Gasteiger partial charge in [0.1, 0.15) is 5.15 Å². The lowest BCUT2D eigenvalue weighted by Gasteiger charge is -2.13. The van der Waals surface area contributed by atoms with Crippen LogP contribution in [0, 0.1) is 27.7 Å². The van der Waals surface area contributed by atoms with Crippen LogP contribution >= 0.6 is 11.6 Å². The second-order valence-corrected chi connectivity index (χ2v) is 5.13. The normalized spacial score (nSPS) is 10.8. The van der Waals surface area contributed by atoms with Crippen molar-refractivity contribution in [2.75, 3.05) is 0 Å². The fourth-order valence-corrected chi connectivity index (χ4v) is 2.49. The van der Waals surface area contributed by atoms with Gasteiger partial charge in [-0.25, -0.2) is 9.36 Å².